The van der Waals surface area contributed by atoms with E-state index in [0.29, 0.717) is 5.92 Å². The first-order chi connectivity index (χ1) is 7.72. The van der Waals surface area contributed by atoms with Crippen LogP contribution in [0, 0.1) is 0 Å². The summed E-state index contributed by atoms with van der Waals surface area (Å²) < 4.78 is 4.77. The van der Waals surface area contributed by atoms with Crippen LogP contribution in [-0.4, -0.2) is 13.1 Å². The van der Waals surface area contributed by atoms with Gasteiger partial charge in [-0.2, -0.15) is 0 Å². The molecule has 0 heterocycles. The van der Waals surface area contributed by atoms with Gasteiger partial charge in [0.25, 0.3) is 0 Å². The van der Waals surface area contributed by atoms with Crippen molar-refractivity contribution in [3.8, 4) is 0 Å². The summed E-state index contributed by atoms with van der Waals surface area (Å²) in [4.78, 5) is 11.5. The summed E-state index contributed by atoms with van der Waals surface area (Å²) in [6.07, 6.45) is 3.91. The maximum absolute atomic E-state index is 11.5. The van der Waals surface area contributed by atoms with Crippen molar-refractivity contribution in [1.82, 2.24) is 0 Å². The molecular formula is C14H18O2. The molecule has 1 aromatic rings. The van der Waals surface area contributed by atoms with E-state index in [1.54, 1.807) is 0 Å². The molecule has 0 radical (unpaired) electrons. The molecule has 2 heteroatoms. The van der Waals surface area contributed by atoms with Crippen LogP contribution < -0.4 is 0 Å². The van der Waals surface area contributed by atoms with Gasteiger partial charge >= 0.3 is 5.97 Å². The summed E-state index contributed by atoms with van der Waals surface area (Å²) >= 11 is 0. The predicted octanol–water partition coefficient (Wildman–Crippen LogP) is 3.23. The molecule has 86 valence electrons. The molecule has 1 aliphatic carbocycles. The highest BCUT2D eigenvalue weighted by atomic mass is 16.5. The lowest BCUT2D eigenvalue weighted by Crippen LogP contribution is -2.13. The Morgan fingerprint density at radius 1 is 1.44 bits per heavy atom. The highest BCUT2D eigenvalue weighted by molar-refractivity contribution is 5.77. The van der Waals surface area contributed by atoms with Crippen molar-refractivity contribution in [3.63, 3.8) is 0 Å². The molecule has 1 atom stereocenters. The van der Waals surface area contributed by atoms with Gasteiger partial charge in [-0.25, -0.2) is 0 Å². The Bertz CT molecular complexity index is 380. The fourth-order valence-electron chi connectivity index (χ4n) is 2.14. The van der Waals surface area contributed by atoms with Crippen molar-refractivity contribution in [1.29, 1.82) is 0 Å². The summed E-state index contributed by atoms with van der Waals surface area (Å²) in [5.74, 6) is 0.389. The van der Waals surface area contributed by atoms with E-state index in [0.717, 1.165) is 5.56 Å². The molecule has 1 saturated carbocycles. The second-order valence-corrected chi connectivity index (χ2v) is 4.54. The summed E-state index contributed by atoms with van der Waals surface area (Å²) in [6, 6.07) is 8.37. The first-order valence-corrected chi connectivity index (χ1v) is 5.90. The Labute approximate surface area is 96.6 Å². The average Bonchev–Trinajstić information content (AvgIpc) is 2.25. The van der Waals surface area contributed by atoms with Crippen LogP contribution in [0.2, 0.25) is 0 Å². The van der Waals surface area contributed by atoms with E-state index in [9.17, 15) is 4.79 Å². The molecule has 0 bridgehead atoms. The number of hydrogen-bond donors (Lipinski definition) is 0. The van der Waals surface area contributed by atoms with Gasteiger partial charge in [-0.15, -0.1) is 0 Å². The fourth-order valence-corrected chi connectivity index (χ4v) is 2.14. The molecule has 1 aromatic carbocycles. The van der Waals surface area contributed by atoms with Crippen LogP contribution in [0.5, 0.6) is 0 Å². The van der Waals surface area contributed by atoms with Crippen molar-refractivity contribution in [2.75, 3.05) is 7.11 Å². The minimum absolute atomic E-state index is 0.161. The van der Waals surface area contributed by atoms with Crippen LogP contribution >= 0.6 is 0 Å². The molecule has 16 heavy (non-hydrogen) atoms. The van der Waals surface area contributed by atoms with Crippen LogP contribution in [0.4, 0.5) is 0 Å². The van der Waals surface area contributed by atoms with E-state index in [1.165, 1.54) is 31.9 Å². The molecule has 0 aliphatic heterocycles. The van der Waals surface area contributed by atoms with Crippen molar-refractivity contribution in [3.05, 3.63) is 35.4 Å². The Morgan fingerprint density at radius 2 is 2.19 bits per heavy atom. The van der Waals surface area contributed by atoms with Gasteiger partial charge in [0, 0.05) is 0 Å². The van der Waals surface area contributed by atoms with Gasteiger partial charge < -0.3 is 4.74 Å². The molecule has 1 fully saturated rings. The van der Waals surface area contributed by atoms with E-state index >= 15 is 0 Å². The van der Waals surface area contributed by atoms with E-state index in [4.69, 9.17) is 4.74 Å². The van der Waals surface area contributed by atoms with Crippen molar-refractivity contribution in [2.24, 2.45) is 0 Å². The SMILES string of the molecule is COC(=O)C(C)c1cccc(C2CCC2)c1. The molecular weight excluding hydrogens is 200 g/mol. The number of carbonyl (C=O) groups is 1. The maximum atomic E-state index is 11.5. The zero-order valence-corrected chi connectivity index (χ0v) is 9.90. The van der Waals surface area contributed by atoms with Crippen LogP contribution in [0.1, 0.15) is 49.1 Å². The number of methoxy groups -OCH3 is 1. The summed E-state index contributed by atoms with van der Waals surface area (Å²) in [6.45, 7) is 1.89. The third-order valence-electron chi connectivity index (χ3n) is 3.54. The molecule has 1 aliphatic rings. The van der Waals surface area contributed by atoms with Crippen LogP contribution in [0.3, 0.4) is 0 Å². The first-order valence-electron chi connectivity index (χ1n) is 5.90. The highest BCUT2D eigenvalue weighted by Gasteiger charge is 2.21. The first kappa shape index (κ1) is 11.2. The maximum Gasteiger partial charge on any atom is 0.312 e. The van der Waals surface area contributed by atoms with Crippen LogP contribution in [0.15, 0.2) is 24.3 Å². The molecule has 1 unspecified atom stereocenters. The topological polar surface area (TPSA) is 26.3 Å². The predicted molar refractivity (Wildman–Crippen MR) is 63.5 cm³/mol. The minimum atomic E-state index is -0.162. The van der Waals surface area contributed by atoms with Gasteiger partial charge in [0.2, 0.25) is 0 Å². The zero-order valence-electron chi connectivity index (χ0n) is 9.90. The molecule has 2 nitrogen and oxygen atoms in total. The molecule has 0 saturated heterocycles. The molecule has 0 aromatic heterocycles. The molecule has 0 spiro atoms. The van der Waals surface area contributed by atoms with Crippen molar-refractivity contribution >= 4 is 5.97 Å². The highest BCUT2D eigenvalue weighted by Crippen LogP contribution is 2.37. The summed E-state index contributed by atoms with van der Waals surface area (Å²) in [7, 11) is 1.44. The quantitative estimate of drug-likeness (QED) is 0.728. The normalized spacial score (nSPS) is 17.6. The number of rotatable bonds is 3. The van der Waals surface area contributed by atoms with Gasteiger partial charge in [0.1, 0.15) is 0 Å². The number of benzene rings is 1. The number of hydrogen-bond acceptors (Lipinski definition) is 2. The minimum Gasteiger partial charge on any atom is -0.469 e. The van der Waals surface area contributed by atoms with E-state index < -0.39 is 0 Å². The second kappa shape index (κ2) is 4.69. The van der Waals surface area contributed by atoms with Gasteiger partial charge in [0.05, 0.1) is 13.0 Å². The standard InChI is InChI=1S/C14H18O2/c1-10(14(15)16-2)12-7-4-8-13(9-12)11-5-3-6-11/h4,7-11H,3,5-6H2,1-2H3. The molecule has 2 rings (SSSR count). The van der Waals surface area contributed by atoms with Crippen molar-refractivity contribution < 1.29 is 9.53 Å². The van der Waals surface area contributed by atoms with Gasteiger partial charge in [-0.1, -0.05) is 30.7 Å². The number of carbonyl (C=O) groups excluding carboxylic acids is 1. The van der Waals surface area contributed by atoms with Gasteiger partial charge in [-0.05, 0) is 36.8 Å². The Hall–Kier alpha value is -1.31. The lowest BCUT2D eigenvalue weighted by atomic mass is 9.79. The van der Waals surface area contributed by atoms with Gasteiger partial charge in [-0.3, -0.25) is 4.79 Å². The van der Waals surface area contributed by atoms with Crippen molar-refractivity contribution in [2.45, 2.75) is 38.0 Å². The molecule has 0 amide bonds. The number of ether oxygens (including phenoxy) is 1. The third kappa shape index (κ3) is 2.11. The average molecular weight is 218 g/mol. The second-order valence-electron chi connectivity index (χ2n) is 4.54. The van der Waals surface area contributed by atoms with Crippen LogP contribution in [-0.2, 0) is 9.53 Å². The summed E-state index contributed by atoms with van der Waals surface area (Å²) in [5.41, 5.74) is 2.44. The number of esters is 1. The third-order valence-corrected chi connectivity index (χ3v) is 3.54. The fraction of sp³-hybridized carbons (Fsp3) is 0.500. The summed E-state index contributed by atoms with van der Waals surface area (Å²) in [5, 5.41) is 0. The Kier molecular flexibility index (Phi) is 3.28. The zero-order chi connectivity index (χ0) is 11.5. The molecule has 0 N–H and O–H groups in total. The lowest BCUT2D eigenvalue weighted by Gasteiger charge is -2.26. The van der Waals surface area contributed by atoms with Gasteiger partial charge in [0.15, 0.2) is 0 Å². The Morgan fingerprint density at radius 3 is 2.75 bits per heavy atom. The monoisotopic (exact) mass is 218 g/mol. The lowest BCUT2D eigenvalue weighted by molar-refractivity contribution is -0.141. The smallest absolute Gasteiger partial charge is 0.312 e. The van der Waals surface area contributed by atoms with Crippen LogP contribution in [0.25, 0.3) is 0 Å². The largest absolute Gasteiger partial charge is 0.469 e. The van der Waals surface area contributed by atoms with E-state index in [1.807, 2.05) is 19.1 Å². The van der Waals surface area contributed by atoms with E-state index in [2.05, 4.69) is 12.1 Å². The Balaban J connectivity index is 2.17. The van der Waals surface area contributed by atoms with E-state index in [-0.39, 0.29) is 11.9 Å².